The molecule has 3 aromatic rings. The van der Waals surface area contributed by atoms with Crippen molar-refractivity contribution in [3.05, 3.63) is 71.4 Å². The van der Waals surface area contributed by atoms with Crippen molar-refractivity contribution in [2.75, 3.05) is 0 Å². The number of carboxylic acid groups (broad SMARTS) is 1. The first-order valence-electron chi connectivity index (χ1n) is 6.77. The fourth-order valence-electron chi connectivity index (χ4n) is 2.31. The minimum Gasteiger partial charge on any atom is -0.481 e. The van der Waals surface area contributed by atoms with E-state index in [0.29, 0.717) is 16.4 Å². The maximum atomic E-state index is 11.2. The molecule has 0 radical (unpaired) electrons. The van der Waals surface area contributed by atoms with E-state index in [1.54, 1.807) is 4.68 Å². The van der Waals surface area contributed by atoms with E-state index in [9.17, 15) is 4.79 Å². The Bertz CT molecular complexity index is 798. The highest BCUT2D eigenvalue weighted by Gasteiger charge is 2.20. The largest absolute Gasteiger partial charge is 0.481 e. The molecular weight excluding hydrogens is 300 g/mol. The fraction of sp³-hybridized carbons (Fsp3) is 0.0588. The zero-order chi connectivity index (χ0) is 15.5. The van der Waals surface area contributed by atoms with Crippen LogP contribution in [0.3, 0.4) is 0 Å². The molecule has 4 nitrogen and oxygen atoms in total. The summed E-state index contributed by atoms with van der Waals surface area (Å²) in [5, 5.41) is 14.0. The van der Waals surface area contributed by atoms with Crippen molar-refractivity contribution in [3.8, 4) is 16.9 Å². The maximum Gasteiger partial charge on any atom is 0.308 e. The lowest BCUT2D eigenvalue weighted by atomic mass is 10.1. The summed E-state index contributed by atoms with van der Waals surface area (Å²) in [5.41, 5.74) is 2.75. The number of hydrogen-bond acceptors (Lipinski definition) is 2. The van der Waals surface area contributed by atoms with Crippen LogP contribution >= 0.6 is 11.6 Å². The van der Waals surface area contributed by atoms with Crippen LogP contribution in [0.4, 0.5) is 0 Å². The number of hydrogen-bond donors (Lipinski definition) is 1. The van der Waals surface area contributed by atoms with Gasteiger partial charge in [0.1, 0.15) is 5.15 Å². The Kier molecular flexibility index (Phi) is 3.94. The summed E-state index contributed by atoms with van der Waals surface area (Å²) >= 11 is 6.40. The normalized spacial score (nSPS) is 10.6. The molecule has 1 heterocycles. The molecule has 0 saturated heterocycles. The number of carboxylic acids is 1. The Morgan fingerprint density at radius 1 is 1.05 bits per heavy atom. The Balaban J connectivity index is 2.19. The van der Waals surface area contributed by atoms with Gasteiger partial charge in [-0.2, -0.15) is 5.10 Å². The highest BCUT2D eigenvalue weighted by atomic mass is 35.5. The Labute approximate surface area is 132 Å². The average Bonchev–Trinajstić information content (AvgIpc) is 2.86. The van der Waals surface area contributed by atoms with E-state index in [0.717, 1.165) is 11.3 Å². The van der Waals surface area contributed by atoms with Crippen LogP contribution in [-0.2, 0) is 11.2 Å². The van der Waals surface area contributed by atoms with Gasteiger partial charge in [0.15, 0.2) is 0 Å². The van der Waals surface area contributed by atoms with Crippen molar-refractivity contribution in [1.82, 2.24) is 9.78 Å². The summed E-state index contributed by atoms with van der Waals surface area (Å²) in [5.74, 6) is -0.938. The van der Waals surface area contributed by atoms with E-state index >= 15 is 0 Å². The summed E-state index contributed by atoms with van der Waals surface area (Å²) in [4.78, 5) is 11.2. The Morgan fingerprint density at radius 2 is 1.64 bits per heavy atom. The second kappa shape index (κ2) is 6.03. The van der Waals surface area contributed by atoms with Gasteiger partial charge in [-0.25, -0.2) is 4.68 Å². The average molecular weight is 313 g/mol. The van der Waals surface area contributed by atoms with Gasteiger partial charge in [-0.05, 0) is 12.1 Å². The second-order valence-electron chi connectivity index (χ2n) is 4.80. The van der Waals surface area contributed by atoms with Gasteiger partial charge in [-0.15, -0.1) is 0 Å². The summed E-state index contributed by atoms with van der Waals surface area (Å²) in [6.07, 6.45) is -0.171. The highest BCUT2D eigenvalue weighted by molar-refractivity contribution is 6.31. The predicted molar refractivity (Wildman–Crippen MR) is 85.3 cm³/mol. The molecule has 1 N–H and O–H groups in total. The molecule has 5 heteroatoms. The number of carbonyl (C=O) groups is 1. The van der Waals surface area contributed by atoms with E-state index in [-0.39, 0.29) is 6.42 Å². The van der Waals surface area contributed by atoms with Gasteiger partial charge >= 0.3 is 5.97 Å². The molecule has 110 valence electrons. The first-order chi connectivity index (χ1) is 10.7. The summed E-state index contributed by atoms with van der Waals surface area (Å²) in [6.45, 7) is 0. The summed E-state index contributed by atoms with van der Waals surface area (Å²) in [7, 11) is 0. The molecule has 0 fully saturated rings. The van der Waals surface area contributed by atoms with Gasteiger partial charge < -0.3 is 5.11 Å². The van der Waals surface area contributed by atoms with Crippen LogP contribution in [0, 0.1) is 0 Å². The lowest BCUT2D eigenvalue weighted by Crippen LogP contribution is -2.01. The highest BCUT2D eigenvalue weighted by Crippen LogP contribution is 2.31. The van der Waals surface area contributed by atoms with Crippen molar-refractivity contribution < 1.29 is 9.90 Å². The van der Waals surface area contributed by atoms with Crippen molar-refractivity contribution in [2.24, 2.45) is 0 Å². The monoisotopic (exact) mass is 312 g/mol. The van der Waals surface area contributed by atoms with Gasteiger partial charge in [0, 0.05) is 11.1 Å². The van der Waals surface area contributed by atoms with Gasteiger partial charge in [-0.1, -0.05) is 60.1 Å². The van der Waals surface area contributed by atoms with Crippen LogP contribution in [0.15, 0.2) is 60.7 Å². The minimum atomic E-state index is -0.938. The van der Waals surface area contributed by atoms with Crippen molar-refractivity contribution in [1.29, 1.82) is 0 Å². The van der Waals surface area contributed by atoms with Crippen LogP contribution in [0.5, 0.6) is 0 Å². The SMILES string of the molecule is O=C(O)Cc1c(-c2ccccc2)nn(-c2ccccc2)c1Cl. The molecule has 0 atom stereocenters. The van der Waals surface area contributed by atoms with E-state index in [2.05, 4.69) is 5.10 Å². The molecule has 3 rings (SSSR count). The van der Waals surface area contributed by atoms with Gasteiger partial charge in [0.05, 0.1) is 17.8 Å². The fourth-order valence-corrected chi connectivity index (χ4v) is 2.60. The molecule has 0 aliphatic rings. The van der Waals surface area contributed by atoms with Crippen LogP contribution in [0.2, 0.25) is 5.15 Å². The van der Waals surface area contributed by atoms with Gasteiger partial charge in [0.2, 0.25) is 0 Å². The molecule has 0 bridgehead atoms. The molecule has 0 aliphatic carbocycles. The molecule has 0 amide bonds. The van der Waals surface area contributed by atoms with Crippen molar-refractivity contribution in [2.45, 2.75) is 6.42 Å². The van der Waals surface area contributed by atoms with Crippen molar-refractivity contribution >= 4 is 17.6 Å². The van der Waals surface area contributed by atoms with E-state index in [1.807, 2.05) is 60.7 Å². The second-order valence-corrected chi connectivity index (χ2v) is 5.16. The number of halogens is 1. The predicted octanol–water partition coefficient (Wildman–Crippen LogP) is 3.82. The molecule has 0 saturated carbocycles. The minimum absolute atomic E-state index is 0.171. The van der Waals surface area contributed by atoms with Gasteiger partial charge in [0.25, 0.3) is 0 Å². The lowest BCUT2D eigenvalue weighted by molar-refractivity contribution is -0.136. The Hall–Kier alpha value is -2.59. The summed E-state index contributed by atoms with van der Waals surface area (Å²) < 4.78 is 1.57. The molecule has 1 aromatic heterocycles. The number of rotatable bonds is 4. The molecule has 0 spiro atoms. The quantitative estimate of drug-likeness (QED) is 0.796. The standard InChI is InChI=1S/C17H13ClN2O2/c18-17-14(11-15(21)22)16(12-7-3-1-4-8-12)19-20(17)13-9-5-2-6-10-13/h1-10H,11H2,(H,21,22). The van der Waals surface area contributed by atoms with E-state index in [4.69, 9.17) is 16.7 Å². The van der Waals surface area contributed by atoms with Gasteiger partial charge in [-0.3, -0.25) is 4.79 Å². The third kappa shape index (κ3) is 2.73. The number of aromatic nitrogens is 2. The smallest absolute Gasteiger partial charge is 0.308 e. The lowest BCUT2D eigenvalue weighted by Gasteiger charge is -2.02. The van der Waals surface area contributed by atoms with E-state index < -0.39 is 5.97 Å². The van der Waals surface area contributed by atoms with Crippen LogP contribution in [0.1, 0.15) is 5.56 Å². The van der Waals surface area contributed by atoms with Crippen LogP contribution in [0.25, 0.3) is 16.9 Å². The Morgan fingerprint density at radius 3 is 2.23 bits per heavy atom. The number of nitrogens with zero attached hydrogens (tertiary/aromatic N) is 2. The molecular formula is C17H13ClN2O2. The number of aliphatic carboxylic acids is 1. The number of benzene rings is 2. The molecule has 22 heavy (non-hydrogen) atoms. The first-order valence-corrected chi connectivity index (χ1v) is 7.14. The molecule has 2 aromatic carbocycles. The van der Waals surface area contributed by atoms with Crippen LogP contribution < -0.4 is 0 Å². The third-order valence-electron chi connectivity index (χ3n) is 3.30. The zero-order valence-corrected chi connectivity index (χ0v) is 12.4. The first kappa shape index (κ1) is 14.4. The molecule has 0 aliphatic heterocycles. The third-order valence-corrected chi connectivity index (χ3v) is 3.69. The van der Waals surface area contributed by atoms with Crippen molar-refractivity contribution in [3.63, 3.8) is 0 Å². The van der Waals surface area contributed by atoms with Crippen LogP contribution in [-0.4, -0.2) is 20.9 Å². The zero-order valence-electron chi connectivity index (χ0n) is 11.6. The maximum absolute atomic E-state index is 11.2. The molecule has 0 unspecified atom stereocenters. The summed E-state index contributed by atoms with van der Waals surface area (Å²) in [6, 6.07) is 18.9. The topological polar surface area (TPSA) is 55.1 Å². The van der Waals surface area contributed by atoms with E-state index in [1.165, 1.54) is 0 Å². The number of para-hydroxylation sites is 1.